The van der Waals surface area contributed by atoms with Gasteiger partial charge in [-0.3, -0.25) is 4.79 Å². The zero-order valence-corrected chi connectivity index (χ0v) is 14.0. The molecule has 120 valence electrons. The van der Waals surface area contributed by atoms with Crippen molar-refractivity contribution in [2.24, 2.45) is 0 Å². The topological polar surface area (TPSA) is 68.3 Å². The maximum Gasteiger partial charge on any atom is 0.359 e. The number of pyridine rings is 1. The largest absolute Gasteiger partial charge is 0.451 e. The van der Waals surface area contributed by atoms with Crippen molar-refractivity contribution in [1.82, 2.24) is 10.3 Å². The molecule has 0 atom stereocenters. The molecule has 1 aromatic heterocycles. The zero-order valence-electron chi connectivity index (χ0n) is 11.7. The standard InChI is InChI=1S/C15H11Cl3N2O3/c16-10-3-1-2-9(6-10)7-19-13(21)8-23-15(22)14-11(17)4-5-12(18)20-14/h1-6H,7-8H2,(H,19,21). The SMILES string of the molecule is O=C(COC(=O)c1nc(Cl)ccc1Cl)NCc1cccc(Cl)c1. The summed E-state index contributed by atoms with van der Waals surface area (Å²) in [6.45, 7) is -0.183. The van der Waals surface area contributed by atoms with E-state index in [0.717, 1.165) is 5.56 Å². The average molecular weight is 374 g/mol. The zero-order chi connectivity index (χ0) is 16.8. The minimum Gasteiger partial charge on any atom is -0.451 e. The van der Waals surface area contributed by atoms with Crippen molar-refractivity contribution < 1.29 is 14.3 Å². The molecule has 0 aliphatic heterocycles. The van der Waals surface area contributed by atoms with E-state index < -0.39 is 18.5 Å². The summed E-state index contributed by atoms with van der Waals surface area (Å²) in [5, 5.41) is 3.38. The summed E-state index contributed by atoms with van der Waals surface area (Å²) in [7, 11) is 0. The lowest BCUT2D eigenvalue weighted by Gasteiger charge is -2.07. The Morgan fingerprint density at radius 1 is 1.13 bits per heavy atom. The van der Waals surface area contributed by atoms with Gasteiger partial charge in [0.1, 0.15) is 5.15 Å². The Labute approximate surface area is 147 Å². The third-order valence-corrected chi connectivity index (χ3v) is 3.47. The molecule has 1 amide bonds. The maximum absolute atomic E-state index is 11.8. The van der Waals surface area contributed by atoms with Gasteiger partial charge in [-0.15, -0.1) is 0 Å². The molecule has 2 rings (SSSR count). The van der Waals surface area contributed by atoms with Crippen LogP contribution in [0.4, 0.5) is 0 Å². The van der Waals surface area contributed by atoms with Crippen molar-refractivity contribution in [1.29, 1.82) is 0 Å². The summed E-state index contributed by atoms with van der Waals surface area (Å²) in [6, 6.07) is 9.91. The first-order valence-corrected chi connectivity index (χ1v) is 7.59. The van der Waals surface area contributed by atoms with Crippen LogP contribution in [0.1, 0.15) is 16.1 Å². The number of benzene rings is 1. The molecule has 0 aliphatic rings. The number of ether oxygens (including phenoxy) is 1. The molecule has 2 aromatic rings. The van der Waals surface area contributed by atoms with Gasteiger partial charge in [0.15, 0.2) is 12.3 Å². The molecule has 0 spiro atoms. The summed E-state index contributed by atoms with van der Waals surface area (Å²) in [4.78, 5) is 27.3. The van der Waals surface area contributed by atoms with Crippen LogP contribution in [0.15, 0.2) is 36.4 Å². The molecule has 0 saturated heterocycles. The lowest BCUT2D eigenvalue weighted by molar-refractivity contribution is -0.124. The highest BCUT2D eigenvalue weighted by Crippen LogP contribution is 2.17. The minimum atomic E-state index is -0.824. The fourth-order valence-electron chi connectivity index (χ4n) is 1.66. The lowest BCUT2D eigenvalue weighted by Crippen LogP contribution is -2.28. The molecule has 0 bridgehead atoms. The summed E-state index contributed by atoms with van der Waals surface area (Å²) in [5.41, 5.74) is 0.693. The number of nitrogens with one attached hydrogen (secondary N) is 1. The fourth-order valence-corrected chi connectivity index (χ4v) is 2.20. The third kappa shape index (κ3) is 5.39. The van der Waals surface area contributed by atoms with Crippen molar-refractivity contribution >= 4 is 46.7 Å². The molecule has 23 heavy (non-hydrogen) atoms. The Balaban J connectivity index is 1.84. The van der Waals surface area contributed by atoms with Crippen molar-refractivity contribution in [2.75, 3.05) is 6.61 Å². The molecule has 0 saturated carbocycles. The van der Waals surface area contributed by atoms with Crippen LogP contribution in [0.3, 0.4) is 0 Å². The van der Waals surface area contributed by atoms with Crippen molar-refractivity contribution in [3.05, 3.63) is 62.9 Å². The van der Waals surface area contributed by atoms with E-state index in [4.69, 9.17) is 39.5 Å². The van der Waals surface area contributed by atoms with Crippen LogP contribution in [-0.4, -0.2) is 23.5 Å². The fraction of sp³-hybridized carbons (Fsp3) is 0.133. The van der Waals surface area contributed by atoms with E-state index in [2.05, 4.69) is 10.3 Å². The van der Waals surface area contributed by atoms with Gasteiger partial charge in [0.2, 0.25) is 0 Å². The number of rotatable bonds is 5. The van der Waals surface area contributed by atoms with Gasteiger partial charge in [-0.1, -0.05) is 46.9 Å². The Kier molecular flexibility index (Phi) is 6.21. The van der Waals surface area contributed by atoms with E-state index in [0.29, 0.717) is 5.02 Å². The van der Waals surface area contributed by atoms with Crippen LogP contribution in [-0.2, 0) is 16.1 Å². The molecule has 1 aromatic carbocycles. The van der Waals surface area contributed by atoms with E-state index in [-0.39, 0.29) is 22.4 Å². The van der Waals surface area contributed by atoms with Gasteiger partial charge < -0.3 is 10.1 Å². The van der Waals surface area contributed by atoms with Gasteiger partial charge in [0.05, 0.1) is 5.02 Å². The molecule has 0 radical (unpaired) electrons. The van der Waals surface area contributed by atoms with Gasteiger partial charge in [0.25, 0.3) is 5.91 Å². The molecule has 0 fully saturated rings. The normalized spacial score (nSPS) is 10.2. The summed E-state index contributed by atoms with van der Waals surface area (Å²) in [6.07, 6.45) is 0. The first kappa shape index (κ1) is 17.5. The summed E-state index contributed by atoms with van der Waals surface area (Å²) >= 11 is 17.4. The van der Waals surface area contributed by atoms with Gasteiger partial charge in [0, 0.05) is 11.6 Å². The Hall–Kier alpha value is -1.82. The van der Waals surface area contributed by atoms with Crippen molar-refractivity contribution in [3.8, 4) is 0 Å². The van der Waals surface area contributed by atoms with Crippen LogP contribution in [0, 0.1) is 0 Å². The number of hydrogen-bond acceptors (Lipinski definition) is 4. The first-order chi connectivity index (χ1) is 11.0. The monoisotopic (exact) mass is 372 g/mol. The number of carbonyl (C=O) groups is 2. The highest BCUT2D eigenvalue weighted by Gasteiger charge is 2.16. The second-order valence-electron chi connectivity index (χ2n) is 4.45. The van der Waals surface area contributed by atoms with Crippen LogP contribution in [0.5, 0.6) is 0 Å². The predicted molar refractivity (Wildman–Crippen MR) is 87.8 cm³/mol. The maximum atomic E-state index is 11.8. The minimum absolute atomic E-state index is 0.0961. The van der Waals surface area contributed by atoms with Gasteiger partial charge in [-0.2, -0.15) is 0 Å². The molecule has 1 heterocycles. The highest BCUT2D eigenvalue weighted by molar-refractivity contribution is 6.34. The number of nitrogens with zero attached hydrogens (tertiary/aromatic N) is 1. The van der Waals surface area contributed by atoms with Crippen LogP contribution < -0.4 is 5.32 Å². The molecule has 0 aliphatic carbocycles. The van der Waals surface area contributed by atoms with Crippen LogP contribution in [0.25, 0.3) is 0 Å². The quantitative estimate of drug-likeness (QED) is 0.643. The Morgan fingerprint density at radius 2 is 1.91 bits per heavy atom. The van der Waals surface area contributed by atoms with Gasteiger partial charge >= 0.3 is 5.97 Å². The Morgan fingerprint density at radius 3 is 2.65 bits per heavy atom. The average Bonchev–Trinajstić information content (AvgIpc) is 2.53. The van der Waals surface area contributed by atoms with E-state index in [1.165, 1.54) is 12.1 Å². The summed E-state index contributed by atoms with van der Waals surface area (Å²) in [5.74, 6) is -1.29. The molecule has 1 N–H and O–H groups in total. The lowest BCUT2D eigenvalue weighted by atomic mass is 10.2. The first-order valence-electron chi connectivity index (χ1n) is 6.46. The van der Waals surface area contributed by atoms with E-state index >= 15 is 0 Å². The molecule has 0 unspecified atom stereocenters. The third-order valence-electron chi connectivity index (χ3n) is 2.72. The number of amides is 1. The van der Waals surface area contributed by atoms with E-state index in [1.54, 1.807) is 18.2 Å². The predicted octanol–water partition coefficient (Wildman–Crippen LogP) is 3.52. The highest BCUT2D eigenvalue weighted by atomic mass is 35.5. The molecular weight excluding hydrogens is 363 g/mol. The van der Waals surface area contributed by atoms with Gasteiger partial charge in [-0.25, -0.2) is 9.78 Å². The second kappa shape index (κ2) is 8.15. The second-order valence-corrected chi connectivity index (χ2v) is 5.68. The number of carbonyl (C=O) groups excluding carboxylic acids is 2. The number of aromatic nitrogens is 1. The molecule has 5 nitrogen and oxygen atoms in total. The molecule has 8 heteroatoms. The summed E-state index contributed by atoms with van der Waals surface area (Å²) < 4.78 is 4.86. The van der Waals surface area contributed by atoms with Crippen LogP contribution in [0.2, 0.25) is 15.2 Å². The molecular formula is C15H11Cl3N2O3. The van der Waals surface area contributed by atoms with Gasteiger partial charge in [-0.05, 0) is 29.8 Å². The van der Waals surface area contributed by atoms with Crippen LogP contribution >= 0.6 is 34.8 Å². The van der Waals surface area contributed by atoms with Crippen molar-refractivity contribution in [3.63, 3.8) is 0 Å². The Bertz CT molecular complexity index is 738. The van der Waals surface area contributed by atoms with Crippen molar-refractivity contribution in [2.45, 2.75) is 6.54 Å². The number of halogens is 3. The number of hydrogen-bond donors (Lipinski definition) is 1. The smallest absolute Gasteiger partial charge is 0.359 e. The van der Waals surface area contributed by atoms with E-state index in [1.807, 2.05) is 6.07 Å². The van der Waals surface area contributed by atoms with E-state index in [9.17, 15) is 9.59 Å². The number of esters is 1.